The van der Waals surface area contributed by atoms with E-state index in [1.54, 1.807) is 6.20 Å². The largest absolute Gasteiger partial charge is 0.481 e. The number of carboxylic acids is 1. The van der Waals surface area contributed by atoms with E-state index in [2.05, 4.69) is 10.3 Å². The summed E-state index contributed by atoms with van der Waals surface area (Å²) in [6.07, 6.45) is 1.63. The molecular formula is C22H22N2O3S. The van der Waals surface area contributed by atoms with Gasteiger partial charge < -0.3 is 10.4 Å². The molecule has 2 N–H and O–H groups in total. The number of carboxylic acid groups (broad SMARTS) is 1. The SMILES string of the molecule is CC(C)(C(=O)Nc1nccs1)[C@H](c1ccccc1)c1ccc(CC(=O)O)cc1. The monoisotopic (exact) mass is 394 g/mol. The van der Waals surface area contributed by atoms with Crippen LogP contribution in [0.2, 0.25) is 0 Å². The number of hydrogen-bond acceptors (Lipinski definition) is 4. The highest BCUT2D eigenvalue weighted by molar-refractivity contribution is 7.13. The minimum absolute atomic E-state index is 0.0236. The number of carbonyl (C=O) groups is 2. The molecule has 0 aliphatic heterocycles. The van der Waals surface area contributed by atoms with Gasteiger partial charge in [-0.1, -0.05) is 68.4 Å². The molecule has 0 aliphatic carbocycles. The van der Waals surface area contributed by atoms with E-state index < -0.39 is 11.4 Å². The smallest absolute Gasteiger partial charge is 0.307 e. The number of carbonyl (C=O) groups excluding carboxylic acids is 1. The summed E-state index contributed by atoms with van der Waals surface area (Å²) < 4.78 is 0. The van der Waals surface area contributed by atoms with Gasteiger partial charge in [-0.25, -0.2) is 4.98 Å². The van der Waals surface area contributed by atoms with Crippen molar-refractivity contribution in [1.29, 1.82) is 0 Å². The maximum Gasteiger partial charge on any atom is 0.307 e. The van der Waals surface area contributed by atoms with Crippen LogP contribution in [0.3, 0.4) is 0 Å². The lowest BCUT2D eigenvalue weighted by Crippen LogP contribution is -2.37. The lowest BCUT2D eigenvalue weighted by atomic mass is 9.70. The van der Waals surface area contributed by atoms with Crippen molar-refractivity contribution in [3.05, 3.63) is 82.9 Å². The minimum Gasteiger partial charge on any atom is -0.481 e. The molecule has 2 aromatic carbocycles. The van der Waals surface area contributed by atoms with Gasteiger partial charge in [0.1, 0.15) is 0 Å². The Morgan fingerprint density at radius 1 is 1.07 bits per heavy atom. The quantitative estimate of drug-likeness (QED) is 0.615. The molecule has 0 unspecified atom stereocenters. The Morgan fingerprint density at radius 2 is 1.71 bits per heavy atom. The molecule has 144 valence electrons. The number of anilines is 1. The summed E-state index contributed by atoms with van der Waals surface area (Å²) in [5.41, 5.74) is 1.95. The molecule has 0 saturated carbocycles. The number of rotatable bonds is 7. The zero-order valence-electron chi connectivity index (χ0n) is 15.8. The van der Waals surface area contributed by atoms with Gasteiger partial charge in [-0.3, -0.25) is 9.59 Å². The lowest BCUT2D eigenvalue weighted by molar-refractivity contribution is -0.136. The van der Waals surface area contributed by atoms with Gasteiger partial charge >= 0.3 is 5.97 Å². The van der Waals surface area contributed by atoms with Crippen LogP contribution < -0.4 is 5.32 Å². The number of nitrogens with zero attached hydrogens (tertiary/aromatic N) is 1. The van der Waals surface area contributed by atoms with Crippen molar-refractivity contribution in [2.24, 2.45) is 5.41 Å². The van der Waals surface area contributed by atoms with E-state index in [1.807, 2.05) is 73.8 Å². The second-order valence-corrected chi connectivity index (χ2v) is 8.06. The molecule has 28 heavy (non-hydrogen) atoms. The Bertz CT molecular complexity index is 936. The summed E-state index contributed by atoms with van der Waals surface area (Å²) in [4.78, 5) is 28.2. The molecule has 1 atom stereocenters. The maximum absolute atomic E-state index is 13.1. The van der Waals surface area contributed by atoms with Crippen LogP contribution in [0.5, 0.6) is 0 Å². The fraction of sp³-hybridized carbons (Fsp3) is 0.227. The molecule has 0 radical (unpaired) electrons. The van der Waals surface area contributed by atoms with Gasteiger partial charge in [-0.2, -0.15) is 0 Å². The van der Waals surface area contributed by atoms with E-state index in [9.17, 15) is 9.59 Å². The van der Waals surface area contributed by atoms with Crippen LogP contribution >= 0.6 is 11.3 Å². The summed E-state index contributed by atoms with van der Waals surface area (Å²) >= 11 is 1.38. The third-order valence-electron chi connectivity index (χ3n) is 4.76. The minimum atomic E-state index is -0.865. The number of benzene rings is 2. The first-order chi connectivity index (χ1) is 13.4. The number of nitrogens with one attached hydrogen (secondary N) is 1. The van der Waals surface area contributed by atoms with Crippen molar-refractivity contribution in [3.63, 3.8) is 0 Å². The van der Waals surface area contributed by atoms with Gasteiger partial charge in [0.15, 0.2) is 5.13 Å². The summed E-state index contributed by atoms with van der Waals surface area (Å²) in [7, 11) is 0. The molecule has 3 aromatic rings. The second-order valence-electron chi connectivity index (χ2n) is 7.17. The van der Waals surface area contributed by atoms with Crippen molar-refractivity contribution in [3.8, 4) is 0 Å². The van der Waals surface area contributed by atoms with Crippen LogP contribution in [0.15, 0.2) is 66.2 Å². The predicted molar refractivity (Wildman–Crippen MR) is 111 cm³/mol. The predicted octanol–water partition coefficient (Wildman–Crippen LogP) is 4.57. The summed E-state index contributed by atoms with van der Waals surface area (Å²) in [5.74, 6) is -1.19. The third-order valence-corrected chi connectivity index (χ3v) is 5.45. The van der Waals surface area contributed by atoms with Crippen molar-refractivity contribution in [2.75, 3.05) is 5.32 Å². The molecule has 3 rings (SSSR count). The van der Waals surface area contributed by atoms with Gasteiger partial charge in [0, 0.05) is 17.5 Å². The van der Waals surface area contributed by atoms with Crippen LogP contribution in [0, 0.1) is 5.41 Å². The molecule has 0 aliphatic rings. The third kappa shape index (κ3) is 4.46. The Balaban J connectivity index is 1.97. The number of thiazole rings is 1. The highest BCUT2D eigenvalue weighted by Gasteiger charge is 2.39. The van der Waals surface area contributed by atoms with Crippen molar-refractivity contribution in [1.82, 2.24) is 4.98 Å². The number of amides is 1. The van der Waals surface area contributed by atoms with E-state index in [0.717, 1.165) is 16.7 Å². The molecule has 1 aromatic heterocycles. The van der Waals surface area contributed by atoms with Crippen LogP contribution in [-0.2, 0) is 16.0 Å². The van der Waals surface area contributed by atoms with Crippen molar-refractivity contribution >= 4 is 28.3 Å². The Labute approximate surface area is 168 Å². The topological polar surface area (TPSA) is 79.3 Å². The van der Waals surface area contributed by atoms with Gasteiger partial charge in [-0.15, -0.1) is 11.3 Å². The zero-order valence-corrected chi connectivity index (χ0v) is 16.6. The Kier molecular flexibility index (Phi) is 5.90. The molecule has 0 bridgehead atoms. The average Bonchev–Trinajstić information content (AvgIpc) is 3.17. The van der Waals surface area contributed by atoms with E-state index in [4.69, 9.17) is 5.11 Å². The highest BCUT2D eigenvalue weighted by atomic mass is 32.1. The molecule has 1 heterocycles. The van der Waals surface area contributed by atoms with Crippen LogP contribution in [0.25, 0.3) is 0 Å². The highest BCUT2D eigenvalue weighted by Crippen LogP contribution is 2.42. The van der Waals surface area contributed by atoms with Crippen LogP contribution in [0.1, 0.15) is 36.5 Å². The molecule has 0 spiro atoms. The first-order valence-electron chi connectivity index (χ1n) is 8.94. The van der Waals surface area contributed by atoms with Crippen molar-refractivity contribution in [2.45, 2.75) is 26.2 Å². The fourth-order valence-electron chi connectivity index (χ4n) is 3.35. The van der Waals surface area contributed by atoms with Crippen LogP contribution in [-0.4, -0.2) is 22.0 Å². The Hall–Kier alpha value is -2.99. The van der Waals surface area contributed by atoms with E-state index in [0.29, 0.717) is 5.13 Å². The zero-order chi connectivity index (χ0) is 20.1. The number of aliphatic carboxylic acids is 1. The van der Waals surface area contributed by atoms with Crippen LogP contribution in [0.4, 0.5) is 5.13 Å². The number of hydrogen-bond donors (Lipinski definition) is 2. The van der Waals surface area contributed by atoms with Gasteiger partial charge in [-0.05, 0) is 16.7 Å². The fourth-order valence-corrected chi connectivity index (χ4v) is 3.87. The first-order valence-corrected chi connectivity index (χ1v) is 9.82. The Morgan fingerprint density at radius 3 is 2.29 bits per heavy atom. The molecular weight excluding hydrogens is 372 g/mol. The summed E-state index contributed by atoms with van der Waals surface area (Å²) in [6.45, 7) is 3.83. The number of aromatic nitrogens is 1. The molecule has 0 saturated heterocycles. The van der Waals surface area contributed by atoms with E-state index in [-0.39, 0.29) is 18.2 Å². The van der Waals surface area contributed by atoms with E-state index in [1.165, 1.54) is 11.3 Å². The lowest BCUT2D eigenvalue weighted by Gasteiger charge is -2.34. The normalized spacial score (nSPS) is 12.4. The molecule has 6 heteroatoms. The van der Waals surface area contributed by atoms with Gasteiger partial charge in [0.2, 0.25) is 5.91 Å². The molecule has 1 amide bonds. The summed E-state index contributed by atoms with van der Waals surface area (Å²) in [5, 5.41) is 14.3. The first kappa shape index (κ1) is 19.8. The van der Waals surface area contributed by atoms with E-state index >= 15 is 0 Å². The molecule has 5 nitrogen and oxygen atoms in total. The summed E-state index contributed by atoms with van der Waals surface area (Å²) in [6, 6.07) is 17.3. The van der Waals surface area contributed by atoms with Gasteiger partial charge in [0.25, 0.3) is 0 Å². The standard InChI is InChI=1S/C22H22N2O3S/c1-22(2,20(27)24-21-23-12-13-28-21)19(16-6-4-3-5-7-16)17-10-8-15(9-11-17)14-18(25)26/h3-13,19H,14H2,1-2H3,(H,25,26)(H,23,24,27)/t19-/m1/s1. The van der Waals surface area contributed by atoms with Crippen molar-refractivity contribution < 1.29 is 14.7 Å². The average molecular weight is 394 g/mol. The second kappa shape index (κ2) is 8.35. The maximum atomic E-state index is 13.1. The van der Waals surface area contributed by atoms with Gasteiger partial charge in [0.05, 0.1) is 11.8 Å². The molecule has 0 fully saturated rings.